The summed E-state index contributed by atoms with van der Waals surface area (Å²) in [7, 11) is 0. The minimum atomic E-state index is -1.56. The fraction of sp³-hybridized carbons (Fsp3) is 0.636. The molecule has 7 heteroatoms. The third kappa shape index (κ3) is 5.25. The molecule has 0 aliphatic rings. The number of carbonyl (C=O) groups is 2. The van der Waals surface area contributed by atoms with Crippen LogP contribution in [0.1, 0.15) is 6.92 Å². The maximum atomic E-state index is 10.9. The molecule has 0 heterocycles. The molecule has 0 saturated heterocycles. The fourth-order valence-electron chi connectivity index (χ4n) is 1.31. The Kier molecular flexibility index (Phi) is 7.91. The standard InChI is InChI=1S/C11H17NO6/c1-3-4-18-11(10(17)9(16)6-14)8(5-13)12-7(2)15/h1,5,8-11,14,16-17H,4,6H2,2H3,(H,12,15)/t8-,9+,10+,11+/m0/s1. The Morgan fingerprint density at radius 3 is 2.56 bits per heavy atom. The highest BCUT2D eigenvalue weighted by Crippen LogP contribution is 2.09. The molecule has 0 saturated carbocycles. The quantitative estimate of drug-likeness (QED) is 0.281. The number of nitrogens with one attached hydrogen (secondary N) is 1. The van der Waals surface area contributed by atoms with E-state index in [4.69, 9.17) is 16.3 Å². The highest BCUT2D eigenvalue weighted by molar-refractivity contribution is 5.77. The average molecular weight is 259 g/mol. The van der Waals surface area contributed by atoms with Crippen molar-refractivity contribution in [1.29, 1.82) is 0 Å². The van der Waals surface area contributed by atoms with Crippen molar-refractivity contribution in [3.05, 3.63) is 0 Å². The largest absolute Gasteiger partial charge is 0.394 e. The van der Waals surface area contributed by atoms with E-state index in [1.807, 2.05) is 0 Å². The molecule has 0 unspecified atom stereocenters. The van der Waals surface area contributed by atoms with Crippen molar-refractivity contribution in [2.75, 3.05) is 13.2 Å². The number of aliphatic hydroxyl groups is 3. The summed E-state index contributed by atoms with van der Waals surface area (Å²) < 4.78 is 5.03. The molecule has 1 amide bonds. The zero-order valence-electron chi connectivity index (χ0n) is 9.94. The summed E-state index contributed by atoms with van der Waals surface area (Å²) >= 11 is 0. The molecular weight excluding hydrogens is 242 g/mol. The van der Waals surface area contributed by atoms with Gasteiger partial charge in [-0.3, -0.25) is 4.79 Å². The number of hydrogen-bond acceptors (Lipinski definition) is 6. The van der Waals surface area contributed by atoms with Gasteiger partial charge in [0.1, 0.15) is 37.2 Å². The highest BCUT2D eigenvalue weighted by atomic mass is 16.5. The maximum absolute atomic E-state index is 10.9. The summed E-state index contributed by atoms with van der Waals surface area (Å²) in [6.07, 6.45) is 1.02. The van der Waals surface area contributed by atoms with Gasteiger partial charge in [0.15, 0.2) is 0 Å². The number of aldehydes is 1. The van der Waals surface area contributed by atoms with Crippen molar-refractivity contribution in [1.82, 2.24) is 5.32 Å². The van der Waals surface area contributed by atoms with Crippen molar-refractivity contribution in [2.45, 2.75) is 31.3 Å². The van der Waals surface area contributed by atoms with E-state index in [1.54, 1.807) is 0 Å². The second kappa shape index (κ2) is 8.60. The summed E-state index contributed by atoms with van der Waals surface area (Å²) in [4.78, 5) is 21.8. The van der Waals surface area contributed by atoms with Crippen LogP contribution in [-0.4, -0.2) is 65.1 Å². The van der Waals surface area contributed by atoms with E-state index in [9.17, 15) is 19.8 Å². The normalized spacial score (nSPS) is 17.1. The lowest BCUT2D eigenvalue weighted by Gasteiger charge is -2.29. The van der Waals surface area contributed by atoms with Gasteiger partial charge in [-0.05, 0) is 0 Å². The lowest BCUT2D eigenvalue weighted by atomic mass is 10.0. The molecule has 4 N–H and O–H groups in total. The van der Waals surface area contributed by atoms with E-state index in [0.29, 0.717) is 6.29 Å². The molecule has 0 aromatic carbocycles. The number of hydrogen-bond donors (Lipinski definition) is 4. The molecule has 0 aliphatic carbocycles. The average Bonchev–Trinajstić information content (AvgIpc) is 2.35. The van der Waals surface area contributed by atoms with E-state index >= 15 is 0 Å². The van der Waals surface area contributed by atoms with Gasteiger partial charge in [-0.1, -0.05) is 5.92 Å². The predicted octanol–water partition coefficient (Wildman–Crippen LogP) is -2.58. The second-order valence-corrected chi connectivity index (χ2v) is 3.58. The van der Waals surface area contributed by atoms with Crippen molar-refractivity contribution in [3.8, 4) is 12.3 Å². The first-order valence-corrected chi connectivity index (χ1v) is 5.22. The van der Waals surface area contributed by atoms with E-state index in [2.05, 4.69) is 11.2 Å². The van der Waals surface area contributed by atoms with E-state index in [-0.39, 0.29) is 6.61 Å². The molecule has 0 radical (unpaired) electrons. The van der Waals surface area contributed by atoms with Crippen molar-refractivity contribution in [2.24, 2.45) is 0 Å². The summed E-state index contributed by atoms with van der Waals surface area (Å²) in [5, 5.41) is 30.0. The lowest BCUT2D eigenvalue weighted by Crippen LogP contribution is -2.54. The molecule has 102 valence electrons. The van der Waals surface area contributed by atoms with E-state index < -0.39 is 36.9 Å². The first kappa shape index (κ1) is 16.5. The van der Waals surface area contributed by atoms with Gasteiger partial charge < -0.3 is 30.2 Å². The van der Waals surface area contributed by atoms with Crippen LogP contribution in [0.15, 0.2) is 0 Å². The number of ether oxygens (including phenoxy) is 1. The summed E-state index contributed by atoms with van der Waals surface area (Å²) in [5.74, 6) is 1.63. The monoisotopic (exact) mass is 259 g/mol. The van der Waals surface area contributed by atoms with Gasteiger partial charge in [0.05, 0.1) is 6.61 Å². The topological polar surface area (TPSA) is 116 Å². The zero-order chi connectivity index (χ0) is 14.1. The smallest absolute Gasteiger partial charge is 0.217 e. The Morgan fingerprint density at radius 1 is 1.56 bits per heavy atom. The van der Waals surface area contributed by atoms with Crippen molar-refractivity contribution < 1.29 is 29.6 Å². The number of rotatable bonds is 8. The maximum Gasteiger partial charge on any atom is 0.217 e. The van der Waals surface area contributed by atoms with Crippen LogP contribution >= 0.6 is 0 Å². The van der Waals surface area contributed by atoms with Crippen LogP contribution < -0.4 is 5.32 Å². The number of amides is 1. The Hall–Kier alpha value is -1.46. The second-order valence-electron chi connectivity index (χ2n) is 3.58. The van der Waals surface area contributed by atoms with E-state index in [1.165, 1.54) is 6.92 Å². The number of terminal acetylenes is 1. The highest BCUT2D eigenvalue weighted by Gasteiger charge is 2.33. The minimum absolute atomic E-state index is 0.218. The fourth-order valence-corrected chi connectivity index (χ4v) is 1.31. The molecule has 0 aromatic heterocycles. The molecule has 4 atom stereocenters. The van der Waals surface area contributed by atoms with Gasteiger partial charge in [-0.2, -0.15) is 0 Å². The van der Waals surface area contributed by atoms with Crippen LogP contribution in [0.3, 0.4) is 0 Å². The van der Waals surface area contributed by atoms with Crippen LogP contribution in [-0.2, 0) is 14.3 Å². The Balaban J connectivity index is 4.87. The third-order valence-corrected chi connectivity index (χ3v) is 2.15. The van der Waals surface area contributed by atoms with Crippen molar-refractivity contribution in [3.63, 3.8) is 0 Å². The van der Waals surface area contributed by atoms with Gasteiger partial charge in [-0.25, -0.2) is 0 Å². The molecule has 0 fully saturated rings. The number of carbonyl (C=O) groups excluding carboxylic acids is 2. The van der Waals surface area contributed by atoms with Crippen LogP contribution in [0.4, 0.5) is 0 Å². The first-order chi connectivity index (χ1) is 8.47. The van der Waals surface area contributed by atoms with Crippen LogP contribution in [0, 0.1) is 12.3 Å². The molecule has 0 aromatic rings. The predicted molar refractivity (Wildman–Crippen MR) is 61.3 cm³/mol. The van der Waals surface area contributed by atoms with Crippen LogP contribution in [0.5, 0.6) is 0 Å². The van der Waals surface area contributed by atoms with Crippen molar-refractivity contribution >= 4 is 12.2 Å². The Morgan fingerprint density at radius 2 is 2.17 bits per heavy atom. The summed E-state index contributed by atoms with van der Waals surface area (Å²) in [5.41, 5.74) is 0. The minimum Gasteiger partial charge on any atom is -0.394 e. The lowest BCUT2D eigenvalue weighted by molar-refractivity contribution is -0.134. The molecule has 0 aliphatic heterocycles. The first-order valence-electron chi connectivity index (χ1n) is 5.22. The van der Waals surface area contributed by atoms with Crippen LogP contribution in [0.25, 0.3) is 0 Å². The molecule has 0 bridgehead atoms. The van der Waals surface area contributed by atoms with Gasteiger partial charge in [-0.15, -0.1) is 6.42 Å². The number of aliphatic hydroxyl groups excluding tert-OH is 3. The van der Waals surface area contributed by atoms with Gasteiger partial charge in [0.25, 0.3) is 0 Å². The molecule has 0 rings (SSSR count). The molecule has 7 nitrogen and oxygen atoms in total. The Labute approximate surface area is 105 Å². The van der Waals surface area contributed by atoms with Crippen LogP contribution in [0.2, 0.25) is 0 Å². The summed E-state index contributed by atoms with van der Waals surface area (Å²) in [6, 6.07) is -1.17. The third-order valence-electron chi connectivity index (χ3n) is 2.15. The summed E-state index contributed by atoms with van der Waals surface area (Å²) in [6.45, 7) is 0.246. The Bertz CT molecular complexity index is 313. The van der Waals surface area contributed by atoms with Gasteiger partial charge in [0.2, 0.25) is 5.91 Å². The molecule has 18 heavy (non-hydrogen) atoms. The molecule has 0 spiro atoms. The van der Waals surface area contributed by atoms with E-state index in [0.717, 1.165) is 0 Å². The van der Waals surface area contributed by atoms with Gasteiger partial charge in [0, 0.05) is 6.92 Å². The van der Waals surface area contributed by atoms with Gasteiger partial charge >= 0.3 is 0 Å². The zero-order valence-corrected chi connectivity index (χ0v) is 9.94. The molecular formula is C11H17NO6. The SMILES string of the molecule is C#CCO[C@@H]([C@H](O)[C@H](O)CO)[C@H](C=O)NC(C)=O.